The average Bonchev–Trinajstić information content (AvgIpc) is 2.17. The first-order valence-corrected chi connectivity index (χ1v) is 4.79. The summed E-state index contributed by atoms with van der Waals surface area (Å²) in [6, 6.07) is 4.87. The van der Waals surface area contributed by atoms with Crippen LogP contribution in [-0.4, -0.2) is 10.8 Å². The van der Waals surface area contributed by atoms with E-state index in [0.717, 1.165) is 0 Å². The van der Waals surface area contributed by atoms with Gasteiger partial charge in [-0.3, -0.25) is 9.59 Å². The lowest BCUT2D eigenvalue weighted by molar-refractivity contribution is 0.101. The molecule has 1 aromatic carbocycles. The molecule has 0 bridgehead atoms. The largest absolute Gasteiger partial charge is 0.328 e. The number of fused-ring (bicyclic) bond motifs is 1. The molecular formula is C11H8ClNO2. The second-order valence-corrected chi connectivity index (χ2v) is 3.71. The number of pyridine rings is 1. The minimum absolute atomic E-state index is 0.0986. The van der Waals surface area contributed by atoms with Crippen LogP contribution in [0.15, 0.2) is 29.2 Å². The van der Waals surface area contributed by atoms with Gasteiger partial charge in [0.2, 0.25) is 0 Å². The summed E-state index contributed by atoms with van der Waals surface area (Å²) in [4.78, 5) is 25.3. The summed E-state index contributed by atoms with van der Waals surface area (Å²) in [5, 5.41) is 1.58. The van der Waals surface area contributed by atoms with Gasteiger partial charge in [0.25, 0.3) is 5.56 Å². The van der Waals surface area contributed by atoms with Crippen LogP contribution in [0.5, 0.6) is 0 Å². The van der Waals surface area contributed by atoms with E-state index in [-0.39, 0.29) is 11.3 Å². The van der Waals surface area contributed by atoms with Gasteiger partial charge in [-0.25, -0.2) is 0 Å². The molecule has 0 saturated carbocycles. The number of hydrogen-bond acceptors (Lipinski definition) is 2. The summed E-state index contributed by atoms with van der Waals surface area (Å²) in [7, 11) is 0. The first-order chi connectivity index (χ1) is 7.09. The number of hydrogen-bond donors (Lipinski definition) is 1. The van der Waals surface area contributed by atoms with Crippen molar-refractivity contribution in [3.05, 3.63) is 45.3 Å². The number of carbonyl (C=O) groups excluding carboxylic acids is 1. The molecule has 0 aliphatic carbocycles. The molecule has 2 aromatic rings. The first kappa shape index (κ1) is 9.93. The molecule has 0 unspecified atom stereocenters. The van der Waals surface area contributed by atoms with Gasteiger partial charge in [-0.1, -0.05) is 11.6 Å². The molecule has 0 spiro atoms. The SMILES string of the molecule is CC(=O)c1c[nH]c(=O)c2ccc(Cl)cc12. The molecule has 1 aromatic heterocycles. The van der Waals surface area contributed by atoms with E-state index in [1.165, 1.54) is 13.1 Å². The van der Waals surface area contributed by atoms with Crippen LogP contribution in [0.25, 0.3) is 10.8 Å². The van der Waals surface area contributed by atoms with Crippen LogP contribution >= 0.6 is 11.6 Å². The fourth-order valence-electron chi connectivity index (χ4n) is 1.52. The van der Waals surface area contributed by atoms with Crippen LogP contribution in [0.4, 0.5) is 0 Å². The number of carbonyl (C=O) groups is 1. The van der Waals surface area contributed by atoms with Crippen molar-refractivity contribution >= 4 is 28.2 Å². The Morgan fingerprint density at radius 3 is 2.73 bits per heavy atom. The molecule has 0 aliphatic heterocycles. The molecule has 15 heavy (non-hydrogen) atoms. The van der Waals surface area contributed by atoms with E-state index in [0.29, 0.717) is 21.4 Å². The third-order valence-corrected chi connectivity index (χ3v) is 2.48. The van der Waals surface area contributed by atoms with E-state index in [2.05, 4.69) is 4.98 Å². The summed E-state index contributed by atoms with van der Waals surface area (Å²) < 4.78 is 0. The number of ketones is 1. The lowest BCUT2D eigenvalue weighted by atomic mass is 10.1. The molecule has 4 heteroatoms. The van der Waals surface area contributed by atoms with E-state index in [1.54, 1.807) is 18.2 Å². The molecule has 1 heterocycles. The molecule has 0 saturated heterocycles. The number of rotatable bonds is 1. The van der Waals surface area contributed by atoms with Gasteiger partial charge in [-0.05, 0) is 25.1 Å². The Morgan fingerprint density at radius 1 is 1.33 bits per heavy atom. The lowest BCUT2D eigenvalue weighted by Gasteiger charge is -2.02. The van der Waals surface area contributed by atoms with E-state index in [9.17, 15) is 9.59 Å². The van der Waals surface area contributed by atoms with E-state index < -0.39 is 0 Å². The average molecular weight is 222 g/mol. The van der Waals surface area contributed by atoms with E-state index in [4.69, 9.17) is 11.6 Å². The van der Waals surface area contributed by atoms with Crippen molar-refractivity contribution in [2.45, 2.75) is 6.92 Å². The first-order valence-electron chi connectivity index (χ1n) is 4.41. The topological polar surface area (TPSA) is 49.9 Å². The van der Waals surface area contributed by atoms with Crippen LogP contribution in [0.3, 0.4) is 0 Å². The number of benzene rings is 1. The van der Waals surface area contributed by atoms with Crippen molar-refractivity contribution < 1.29 is 4.79 Å². The predicted molar refractivity (Wildman–Crippen MR) is 59.6 cm³/mol. The quantitative estimate of drug-likeness (QED) is 0.752. The summed E-state index contributed by atoms with van der Waals surface area (Å²) in [5.41, 5.74) is 0.263. The van der Waals surface area contributed by atoms with Crippen LogP contribution in [0, 0.1) is 0 Å². The molecule has 0 aliphatic rings. The fraction of sp³-hybridized carbons (Fsp3) is 0.0909. The lowest BCUT2D eigenvalue weighted by Crippen LogP contribution is -2.08. The van der Waals surface area contributed by atoms with Gasteiger partial charge in [0.15, 0.2) is 5.78 Å². The summed E-state index contributed by atoms with van der Waals surface area (Å²) in [6.45, 7) is 1.45. The molecule has 0 radical (unpaired) electrons. The second-order valence-electron chi connectivity index (χ2n) is 3.28. The standard InChI is InChI=1S/C11H8ClNO2/c1-6(14)10-5-13-11(15)8-3-2-7(12)4-9(8)10/h2-5H,1H3,(H,13,15). The molecule has 1 N–H and O–H groups in total. The van der Waals surface area contributed by atoms with E-state index >= 15 is 0 Å². The van der Waals surface area contributed by atoms with Gasteiger partial charge in [-0.15, -0.1) is 0 Å². The van der Waals surface area contributed by atoms with Crippen molar-refractivity contribution in [1.82, 2.24) is 4.98 Å². The number of aromatic nitrogens is 1. The third-order valence-electron chi connectivity index (χ3n) is 2.24. The predicted octanol–water partition coefficient (Wildman–Crippen LogP) is 2.38. The molecule has 3 nitrogen and oxygen atoms in total. The van der Waals surface area contributed by atoms with Crippen LogP contribution in [-0.2, 0) is 0 Å². The molecule has 0 atom stereocenters. The van der Waals surface area contributed by atoms with Crippen LogP contribution in [0.2, 0.25) is 5.02 Å². The zero-order chi connectivity index (χ0) is 11.0. The van der Waals surface area contributed by atoms with Gasteiger partial charge in [-0.2, -0.15) is 0 Å². The highest BCUT2D eigenvalue weighted by molar-refractivity contribution is 6.31. The van der Waals surface area contributed by atoms with Crippen molar-refractivity contribution in [2.24, 2.45) is 0 Å². The van der Waals surface area contributed by atoms with Crippen molar-refractivity contribution in [3.63, 3.8) is 0 Å². The molecule has 0 fully saturated rings. The van der Waals surface area contributed by atoms with E-state index in [1.807, 2.05) is 0 Å². The maximum atomic E-state index is 11.5. The number of halogens is 1. The zero-order valence-electron chi connectivity index (χ0n) is 8.00. The van der Waals surface area contributed by atoms with Gasteiger partial charge in [0.1, 0.15) is 0 Å². The Hall–Kier alpha value is -1.61. The van der Waals surface area contributed by atoms with Crippen LogP contribution < -0.4 is 5.56 Å². The Labute approximate surface area is 90.7 Å². The molecular weight excluding hydrogens is 214 g/mol. The number of H-pyrrole nitrogens is 1. The second kappa shape index (κ2) is 3.51. The molecule has 0 amide bonds. The number of Topliss-reactive ketones (excluding diaryl/α,β-unsaturated/α-hetero) is 1. The monoisotopic (exact) mass is 221 g/mol. The van der Waals surface area contributed by atoms with Gasteiger partial charge < -0.3 is 4.98 Å². The van der Waals surface area contributed by atoms with Crippen molar-refractivity contribution in [2.75, 3.05) is 0 Å². The summed E-state index contributed by atoms with van der Waals surface area (Å²) >= 11 is 5.82. The zero-order valence-corrected chi connectivity index (χ0v) is 8.76. The maximum absolute atomic E-state index is 11.5. The third kappa shape index (κ3) is 1.66. The Balaban J connectivity index is 2.96. The summed E-state index contributed by atoms with van der Waals surface area (Å²) in [6.07, 6.45) is 1.42. The van der Waals surface area contributed by atoms with Gasteiger partial charge in [0, 0.05) is 27.6 Å². The Morgan fingerprint density at radius 2 is 2.07 bits per heavy atom. The molecule has 2 rings (SSSR count). The van der Waals surface area contributed by atoms with Gasteiger partial charge in [0.05, 0.1) is 0 Å². The highest BCUT2D eigenvalue weighted by Crippen LogP contribution is 2.19. The minimum atomic E-state index is -0.216. The highest BCUT2D eigenvalue weighted by atomic mass is 35.5. The van der Waals surface area contributed by atoms with Crippen molar-refractivity contribution in [1.29, 1.82) is 0 Å². The normalized spacial score (nSPS) is 10.5. The fourth-order valence-corrected chi connectivity index (χ4v) is 1.69. The Bertz CT molecular complexity index is 601. The van der Waals surface area contributed by atoms with Gasteiger partial charge >= 0.3 is 0 Å². The molecule has 76 valence electrons. The Kier molecular flexibility index (Phi) is 2.32. The minimum Gasteiger partial charge on any atom is -0.328 e. The highest BCUT2D eigenvalue weighted by Gasteiger charge is 2.08. The number of aromatic amines is 1. The van der Waals surface area contributed by atoms with Crippen LogP contribution in [0.1, 0.15) is 17.3 Å². The smallest absolute Gasteiger partial charge is 0.255 e. The maximum Gasteiger partial charge on any atom is 0.255 e. The summed E-state index contributed by atoms with van der Waals surface area (Å²) in [5.74, 6) is -0.0986. The number of nitrogens with one attached hydrogen (secondary N) is 1. The van der Waals surface area contributed by atoms with Crippen molar-refractivity contribution in [3.8, 4) is 0 Å².